The Hall–Kier alpha value is -2.31. The lowest BCUT2D eigenvalue weighted by atomic mass is 10.0. The van der Waals surface area contributed by atoms with Gasteiger partial charge in [0.05, 0.1) is 15.7 Å². The van der Waals surface area contributed by atoms with Crippen LogP contribution in [0.15, 0.2) is 51.0 Å². The number of carbonyl (C=O) groups is 2. The summed E-state index contributed by atoms with van der Waals surface area (Å²) >= 11 is 11.7. The first kappa shape index (κ1) is 16.1. The summed E-state index contributed by atoms with van der Waals surface area (Å²) in [5.41, 5.74) is 0.539. The maximum Gasteiger partial charge on any atom is 0.277 e. The fourth-order valence-corrected chi connectivity index (χ4v) is 2.17. The zero-order chi connectivity index (χ0) is 16.4. The first-order valence-electron chi connectivity index (χ1n) is 5.97. The van der Waals surface area contributed by atoms with Gasteiger partial charge < -0.3 is 0 Å². The van der Waals surface area contributed by atoms with Gasteiger partial charge >= 0.3 is 0 Å². The van der Waals surface area contributed by atoms with Gasteiger partial charge in [-0.15, -0.1) is 0 Å². The van der Waals surface area contributed by atoms with Crippen LogP contribution in [0, 0.1) is 10.1 Å². The Morgan fingerprint density at radius 1 is 1.18 bits per heavy atom. The highest BCUT2D eigenvalue weighted by Gasteiger charge is 2.23. The molecule has 0 N–H and O–H groups in total. The number of allylic oxidation sites excluding steroid dienone is 4. The Kier molecular flexibility index (Phi) is 4.54. The van der Waals surface area contributed by atoms with Gasteiger partial charge in [-0.05, 0) is 30.7 Å². The van der Waals surface area contributed by atoms with Gasteiger partial charge in [-0.25, -0.2) is 4.99 Å². The lowest BCUT2D eigenvalue weighted by Crippen LogP contribution is -2.15. The summed E-state index contributed by atoms with van der Waals surface area (Å²) in [7, 11) is 0. The van der Waals surface area contributed by atoms with Crippen LogP contribution in [0.3, 0.4) is 0 Å². The molecule has 22 heavy (non-hydrogen) atoms. The van der Waals surface area contributed by atoms with E-state index in [0.717, 1.165) is 0 Å². The van der Waals surface area contributed by atoms with Gasteiger partial charge in [0.2, 0.25) is 0 Å². The maximum absolute atomic E-state index is 12.1. The van der Waals surface area contributed by atoms with Gasteiger partial charge in [-0.3, -0.25) is 19.7 Å². The highest BCUT2D eigenvalue weighted by molar-refractivity contribution is 6.59. The third kappa shape index (κ3) is 3.13. The Morgan fingerprint density at radius 2 is 1.77 bits per heavy atom. The van der Waals surface area contributed by atoms with E-state index in [9.17, 15) is 19.7 Å². The largest absolute Gasteiger partial charge is 0.288 e. The topological polar surface area (TPSA) is 89.6 Å². The van der Waals surface area contributed by atoms with Gasteiger partial charge in [0.1, 0.15) is 5.03 Å². The standard InChI is InChI=1S/C14H8Cl2N2O4/c1-7-6-10(19)11(15)12(16)13(7)17-14(20)8-2-4-9(5-3-8)18(21)22/h2-6H,1H3. The number of ketones is 1. The Morgan fingerprint density at radius 3 is 2.32 bits per heavy atom. The molecule has 0 atom stereocenters. The molecule has 0 saturated carbocycles. The number of hydrogen-bond acceptors (Lipinski definition) is 4. The molecule has 1 aliphatic rings. The highest BCUT2D eigenvalue weighted by Crippen LogP contribution is 2.26. The summed E-state index contributed by atoms with van der Waals surface area (Å²) < 4.78 is 0. The summed E-state index contributed by atoms with van der Waals surface area (Å²) in [5.74, 6) is -1.10. The number of halogens is 2. The first-order chi connectivity index (χ1) is 10.3. The molecule has 0 saturated heterocycles. The van der Waals surface area contributed by atoms with E-state index in [1.807, 2.05) is 0 Å². The van der Waals surface area contributed by atoms with Crippen LogP contribution in [0.5, 0.6) is 0 Å². The number of nitro groups is 1. The van der Waals surface area contributed by atoms with Gasteiger partial charge in [0, 0.05) is 17.7 Å². The molecule has 0 unspecified atom stereocenters. The molecular weight excluding hydrogens is 331 g/mol. The van der Waals surface area contributed by atoms with E-state index in [2.05, 4.69) is 4.99 Å². The molecule has 2 rings (SSSR count). The number of amides is 1. The number of aliphatic imine (C=N–C) groups is 1. The van der Waals surface area contributed by atoms with Crippen molar-refractivity contribution in [2.24, 2.45) is 4.99 Å². The van der Waals surface area contributed by atoms with E-state index in [4.69, 9.17) is 23.2 Å². The molecule has 1 aliphatic carbocycles. The van der Waals surface area contributed by atoms with Gasteiger partial charge in [0.25, 0.3) is 11.6 Å². The minimum atomic E-state index is -0.644. The highest BCUT2D eigenvalue weighted by atomic mass is 35.5. The molecule has 1 amide bonds. The van der Waals surface area contributed by atoms with Crippen molar-refractivity contribution in [2.45, 2.75) is 6.92 Å². The fourth-order valence-electron chi connectivity index (χ4n) is 1.74. The average molecular weight is 339 g/mol. The lowest BCUT2D eigenvalue weighted by molar-refractivity contribution is -0.384. The van der Waals surface area contributed by atoms with E-state index in [0.29, 0.717) is 5.57 Å². The van der Waals surface area contributed by atoms with Crippen molar-refractivity contribution >= 4 is 46.3 Å². The predicted octanol–water partition coefficient (Wildman–Crippen LogP) is 3.39. The van der Waals surface area contributed by atoms with E-state index in [1.165, 1.54) is 30.3 Å². The van der Waals surface area contributed by atoms with Crippen LogP contribution < -0.4 is 0 Å². The van der Waals surface area contributed by atoms with Crippen LogP contribution in [0.2, 0.25) is 0 Å². The van der Waals surface area contributed by atoms with Crippen molar-refractivity contribution in [1.82, 2.24) is 0 Å². The molecule has 1 aromatic carbocycles. The summed E-state index contributed by atoms with van der Waals surface area (Å²) in [5, 5.41) is 10.3. The Balaban J connectivity index is 2.36. The molecule has 0 bridgehead atoms. The lowest BCUT2D eigenvalue weighted by Gasteiger charge is -2.11. The number of hydrogen-bond donors (Lipinski definition) is 0. The van der Waals surface area contributed by atoms with Crippen molar-refractivity contribution in [3.05, 3.63) is 61.7 Å². The zero-order valence-corrected chi connectivity index (χ0v) is 12.7. The maximum atomic E-state index is 12.1. The normalized spacial score (nSPS) is 16.8. The average Bonchev–Trinajstić information content (AvgIpc) is 2.49. The number of benzene rings is 1. The minimum Gasteiger partial charge on any atom is -0.288 e. The molecule has 0 aromatic heterocycles. The van der Waals surface area contributed by atoms with E-state index in [1.54, 1.807) is 6.92 Å². The number of non-ortho nitro benzene ring substituents is 1. The second-order valence-corrected chi connectivity index (χ2v) is 5.15. The molecular formula is C14H8Cl2N2O4. The zero-order valence-electron chi connectivity index (χ0n) is 11.2. The quantitative estimate of drug-likeness (QED) is 0.469. The fraction of sp³-hybridized carbons (Fsp3) is 0.0714. The molecule has 0 fully saturated rings. The first-order valence-corrected chi connectivity index (χ1v) is 6.73. The third-order valence-corrected chi connectivity index (χ3v) is 3.72. The molecule has 0 aliphatic heterocycles. The molecule has 0 radical (unpaired) electrons. The second kappa shape index (κ2) is 6.21. The van der Waals surface area contributed by atoms with Crippen molar-refractivity contribution < 1.29 is 14.5 Å². The summed E-state index contributed by atoms with van der Waals surface area (Å²) in [6.45, 7) is 1.57. The second-order valence-electron chi connectivity index (χ2n) is 4.39. The summed E-state index contributed by atoms with van der Waals surface area (Å²) in [6, 6.07) is 4.98. The molecule has 0 spiro atoms. The van der Waals surface area contributed by atoms with Crippen LogP contribution in [-0.2, 0) is 4.79 Å². The van der Waals surface area contributed by atoms with E-state index in [-0.39, 0.29) is 27.0 Å². The molecule has 1 aromatic rings. The van der Waals surface area contributed by atoms with Gasteiger partial charge in [-0.2, -0.15) is 0 Å². The predicted molar refractivity (Wildman–Crippen MR) is 82.4 cm³/mol. The monoisotopic (exact) mass is 338 g/mol. The number of nitro benzene ring substituents is 1. The minimum absolute atomic E-state index is 0.0954. The molecule has 112 valence electrons. The molecule has 0 heterocycles. The van der Waals surface area contributed by atoms with Crippen LogP contribution in [0.1, 0.15) is 17.3 Å². The summed E-state index contributed by atoms with van der Waals surface area (Å²) in [6.07, 6.45) is 1.23. The van der Waals surface area contributed by atoms with E-state index >= 15 is 0 Å². The van der Waals surface area contributed by atoms with Crippen molar-refractivity contribution in [2.75, 3.05) is 0 Å². The van der Waals surface area contributed by atoms with Crippen LogP contribution in [0.4, 0.5) is 5.69 Å². The van der Waals surface area contributed by atoms with Crippen LogP contribution in [-0.4, -0.2) is 22.3 Å². The Bertz CT molecular complexity index is 777. The van der Waals surface area contributed by atoms with Crippen LogP contribution in [0.25, 0.3) is 0 Å². The smallest absolute Gasteiger partial charge is 0.277 e. The number of carbonyl (C=O) groups excluding carboxylic acids is 2. The van der Waals surface area contributed by atoms with Crippen molar-refractivity contribution in [1.29, 1.82) is 0 Å². The number of nitrogens with zero attached hydrogens (tertiary/aromatic N) is 2. The van der Waals surface area contributed by atoms with Gasteiger partial charge in [0.15, 0.2) is 5.78 Å². The van der Waals surface area contributed by atoms with Gasteiger partial charge in [-0.1, -0.05) is 23.2 Å². The van der Waals surface area contributed by atoms with Crippen molar-refractivity contribution in [3.63, 3.8) is 0 Å². The van der Waals surface area contributed by atoms with E-state index < -0.39 is 16.6 Å². The third-order valence-electron chi connectivity index (χ3n) is 2.88. The number of rotatable bonds is 2. The molecule has 6 nitrogen and oxygen atoms in total. The SMILES string of the molecule is CC1=CC(=O)C(Cl)=C(Cl)C1=NC(=O)c1ccc([N+](=O)[O-])cc1. The summed E-state index contributed by atoms with van der Waals surface area (Å²) in [4.78, 5) is 37.4. The van der Waals surface area contributed by atoms with Crippen LogP contribution >= 0.6 is 23.2 Å². The van der Waals surface area contributed by atoms with Crippen molar-refractivity contribution in [3.8, 4) is 0 Å². The Labute approximate surface area is 134 Å². The molecule has 8 heteroatoms.